The van der Waals surface area contributed by atoms with Gasteiger partial charge in [-0.2, -0.15) is 0 Å². The van der Waals surface area contributed by atoms with Gasteiger partial charge in [-0.15, -0.1) is 0 Å². The number of halogens is 1. The van der Waals surface area contributed by atoms with E-state index in [1.807, 2.05) is 6.07 Å². The number of ether oxygens (including phenoxy) is 1. The highest BCUT2D eigenvalue weighted by Crippen LogP contribution is 2.18. The smallest absolute Gasteiger partial charge is 0.333 e. The molecule has 0 radical (unpaired) electrons. The standard InChI is InChI=1S/C16H14BrNO3/c1-21-16(20)14(11-7-9-13(17)10-8-11)18-15(19)12-5-3-2-4-6-12/h2-10,14H,1H3,(H,18,19)/t14-/m0/s1. The molecule has 0 aromatic heterocycles. The van der Waals surface area contributed by atoms with Gasteiger partial charge in [-0.25, -0.2) is 4.79 Å². The molecule has 5 heteroatoms. The minimum Gasteiger partial charge on any atom is -0.467 e. The maximum atomic E-state index is 12.2. The average Bonchev–Trinajstić information content (AvgIpc) is 2.53. The van der Waals surface area contributed by atoms with E-state index in [0.29, 0.717) is 11.1 Å². The van der Waals surface area contributed by atoms with Crippen molar-refractivity contribution in [3.05, 3.63) is 70.2 Å². The van der Waals surface area contributed by atoms with Crippen LogP contribution in [0.2, 0.25) is 0 Å². The van der Waals surface area contributed by atoms with Crippen LogP contribution < -0.4 is 5.32 Å². The zero-order valence-corrected chi connectivity index (χ0v) is 13.0. The number of carbonyl (C=O) groups excluding carboxylic acids is 2. The molecule has 1 amide bonds. The predicted octanol–water partition coefficient (Wildman–Crippen LogP) is 3.09. The van der Waals surface area contributed by atoms with Gasteiger partial charge in [-0.3, -0.25) is 4.79 Å². The van der Waals surface area contributed by atoms with Gasteiger partial charge < -0.3 is 10.1 Å². The van der Waals surface area contributed by atoms with E-state index in [9.17, 15) is 9.59 Å². The molecule has 1 N–H and O–H groups in total. The molecule has 0 spiro atoms. The molecule has 0 saturated heterocycles. The zero-order chi connectivity index (χ0) is 15.2. The van der Waals surface area contributed by atoms with Crippen molar-refractivity contribution < 1.29 is 14.3 Å². The molecule has 0 bridgehead atoms. The summed E-state index contributed by atoms with van der Waals surface area (Å²) in [4.78, 5) is 24.1. The second kappa shape index (κ2) is 7.04. The van der Waals surface area contributed by atoms with Crippen molar-refractivity contribution in [2.45, 2.75) is 6.04 Å². The molecule has 0 heterocycles. The third-order valence-corrected chi connectivity index (χ3v) is 3.48. The van der Waals surface area contributed by atoms with Crippen LogP contribution in [0.15, 0.2) is 59.1 Å². The Kier molecular flexibility index (Phi) is 5.11. The Morgan fingerprint density at radius 2 is 1.67 bits per heavy atom. The van der Waals surface area contributed by atoms with Crippen molar-refractivity contribution in [2.75, 3.05) is 7.11 Å². The van der Waals surface area contributed by atoms with Gasteiger partial charge in [0, 0.05) is 10.0 Å². The minimum absolute atomic E-state index is 0.325. The Balaban J connectivity index is 2.23. The van der Waals surface area contributed by atoms with Crippen LogP contribution >= 0.6 is 15.9 Å². The third kappa shape index (κ3) is 3.92. The molecule has 0 fully saturated rings. The number of hydrogen-bond donors (Lipinski definition) is 1. The van der Waals surface area contributed by atoms with Crippen molar-refractivity contribution in [3.63, 3.8) is 0 Å². The Hall–Kier alpha value is -2.14. The van der Waals surface area contributed by atoms with Crippen LogP contribution in [0.3, 0.4) is 0 Å². The van der Waals surface area contributed by atoms with E-state index in [4.69, 9.17) is 4.74 Å². The van der Waals surface area contributed by atoms with Crippen LogP contribution in [0.4, 0.5) is 0 Å². The Morgan fingerprint density at radius 1 is 1.05 bits per heavy atom. The van der Waals surface area contributed by atoms with E-state index in [-0.39, 0.29) is 5.91 Å². The van der Waals surface area contributed by atoms with Crippen molar-refractivity contribution in [1.29, 1.82) is 0 Å². The molecule has 0 unspecified atom stereocenters. The number of hydrogen-bond acceptors (Lipinski definition) is 3. The molecule has 2 aromatic rings. The lowest BCUT2D eigenvalue weighted by atomic mass is 10.1. The zero-order valence-electron chi connectivity index (χ0n) is 11.4. The molecular formula is C16H14BrNO3. The van der Waals surface area contributed by atoms with E-state index in [1.54, 1.807) is 48.5 Å². The normalized spacial score (nSPS) is 11.5. The fourth-order valence-electron chi connectivity index (χ4n) is 1.86. The number of methoxy groups -OCH3 is 1. The fourth-order valence-corrected chi connectivity index (χ4v) is 2.12. The fraction of sp³-hybridized carbons (Fsp3) is 0.125. The summed E-state index contributed by atoms with van der Waals surface area (Å²) in [7, 11) is 1.29. The predicted molar refractivity (Wildman–Crippen MR) is 82.8 cm³/mol. The molecule has 0 aliphatic rings. The molecule has 0 aliphatic heterocycles. The van der Waals surface area contributed by atoms with Crippen LogP contribution in [0.25, 0.3) is 0 Å². The topological polar surface area (TPSA) is 55.4 Å². The first-order valence-electron chi connectivity index (χ1n) is 6.31. The van der Waals surface area contributed by atoms with Gasteiger partial charge in [-0.1, -0.05) is 46.3 Å². The lowest BCUT2D eigenvalue weighted by Crippen LogP contribution is -2.34. The number of esters is 1. The highest BCUT2D eigenvalue weighted by atomic mass is 79.9. The summed E-state index contributed by atoms with van der Waals surface area (Å²) >= 11 is 3.33. The van der Waals surface area contributed by atoms with Gasteiger partial charge in [0.25, 0.3) is 5.91 Å². The molecule has 2 aromatic carbocycles. The number of benzene rings is 2. The summed E-state index contributed by atoms with van der Waals surface area (Å²) in [5.41, 5.74) is 1.15. The van der Waals surface area contributed by atoms with Gasteiger partial charge in [-0.05, 0) is 29.8 Å². The SMILES string of the molecule is COC(=O)[C@@H](NC(=O)c1ccccc1)c1ccc(Br)cc1. The second-order valence-electron chi connectivity index (χ2n) is 4.35. The maximum absolute atomic E-state index is 12.2. The molecule has 4 nitrogen and oxygen atoms in total. The van der Waals surface area contributed by atoms with E-state index in [0.717, 1.165) is 4.47 Å². The first-order valence-corrected chi connectivity index (χ1v) is 7.10. The summed E-state index contributed by atoms with van der Waals surface area (Å²) in [6, 6.07) is 15.0. The number of rotatable bonds is 4. The Bertz CT molecular complexity index is 626. The van der Waals surface area contributed by atoms with Crippen LogP contribution in [-0.4, -0.2) is 19.0 Å². The summed E-state index contributed by atoms with van der Waals surface area (Å²) in [5.74, 6) is -0.837. The van der Waals surface area contributed by atoms with Crippen molar-refractivity contribution in [3.8, 4) is 0 Å². The molecule has 1 atom stereocenters. The molecule has 2 rings (SSSR count). The van der Waals surface area contributed by atoms with Crippen molar-refractivity contribution in [2.24, 2.45) is 0 Å². The van der Waals surface area contributed by atoms with Crippen LogP contribution in [0.1, 0.15) is 22.0 Å². The number of carbonyl (C=O) groups is 2. The van der Waals surface area contributed by atoms with Gasteiger partial charge >= 0.3 is 5.97 Å². The monoisotopic (exact) mass is 347 g/mol. The Morgan fingerprint density at radius 3 is 2.24 bits per heavy atom. The van der Waals surface area contributed by atoms with Crippen molar-refractivity contribution in [1.82, 2.24) is 5.32 Å². The van der Waals surface area contributed by atoms with Gasteiger partial charge in [0.05, 0.1) is 7.11 Å². The molecule has 108 valence electrons. The number of nitrogens with one attached hydrogen (secondary N) is 1. The molecule has 21 heavy (non-hydrogen) atoms. The molecular weight excluding hydrogens is 334 g/mol. The summed E-state index contributed by atoms with van der Waals surface area (Å²) in [6.45, 7) is 0. The minimum atomic E-state index is -0.837. The first kappa shape index (κ1) is 15.3. The van der Waals surface area contributed by atoms with E-state index in [2.05, 4.69) is 21.2 Å². The summed E-state index contributed by atoms with van der Waals surface area (Å²) < 4.78 is 5.66. The maximum Gasteiger partial charge on any atom is 0.333 e. The van der Waals surface area contributed by atoms with Gasteiger partial charge in [0.2, 0.25) is 0 Å². The largest absolute Gasteiger partial charge is 0.467 e. The summed E-state index contributed by atoms with van der Waals surface area (Å²) in [5, 5.41) is 2.69. The lowest BCUT2D eigenvalue weighted by molar-refractivity contribution is -0.143. The van der Waals surface area contributed by atoms with Gasteiger partial charge in [0.15, 0.2) is 6.04 Å². The van der Waals surface area contributed by atoms with Crippen LogP contribution in [0, 0.1) is 0 Å². The number of amides is 1. The summed E-state index contributed by atoms with van der Waals surface area (Å²) in [6.07, 6.45) is 0. The van der Waals surface area contributed by atoms with E-state index >= 15 is 0 Å². The quantitative estimate of drug-likeness (QED) is 0.864. The first-order chi connectivity index (χ1) is 10.1. The molecule has 0 saturated carbocycles. The Labute approximate surface area is 131 Å². The van der Waals surface area contributed by atoms with Crippen LogP contribution in [0.5, 0.6) is 0 Å². The highest BCUT2D eigenvalue weighted by Gasteiger charge is 2.23. The van der Waals surface area contributed by atoms with Crippen LogP contribution in [-0.2, 0) is 9.53 Å². The third-order valence-electron chi connectivity index (χ3n) is 2.95. The second-order valence-corrected chi connectivity index (χ2v) is 5.26. The van der Waals surface area contributed by atoms with E-state index in [1.165, 1.54) is 7.11 Å². The highest BCUT2D eigenvalue weighted by molar-refractivity contribution is 9.10. The van der Waals surface area contributed by atoms with E-state index < -0.39 is 12.0 Å². The lowest BCUT2D eigenvalue weighted by Gasteiger charge is -2.17. The average molecular weight is 348 g/mol. The van der Waals surface area contributed by atoms with Gasteiger partial charge in [0.1, 0.15) is 0 Å². The van der Waals surface area contributed by atoms with Crippen molar-refractivity contribution >= 4 is 27.8 Å². The molecule has 0 aliphatic carbocycles.